The topological polar surface area (TPSA) is 21.3 Å². The van der Waals surface area contributed by atoms with Crippen molar-refractivity contribution in [3.8, 4) is 0 Å². The van der Waals surface area contributed by atoms with Gasteiger partial charge < -0.3 is 10.1 Å². The molecule has 17 heavy (non-hydrogen) atoms. The van der Waals surface area contributed by atoms with Gasteiger partial charge in [0.25, 0.3) is 0 Å². The van der Waals surface area contributed by atoms with Gasteiger partial charge in [0.2, 0.25) is 0 Å². The number of hydrogen-bond donors (Lipinski definition) is 1. The van der Waals surface area contributed by atoms with Crippen LogP contribution in [0.2, 0.25) is 0 Å². The zero-order valence-electron chi connectivity index (χ0n) is 12.0. The Hall–Kier alpha value is -0.0800. The molecule has 2 nitrogen and oxygen atoms in total. The minimum absolute atomic E-state index is 0.138. The van der Waals surface area contributed by atoms with Crippen LogP contribution in [0, 0.1) is 17.8 Å². The molecule has 2 fully saturated rings. The highest BCUT2D eigenvalue weighted by Crippen LogP contribution is 2.43. The zero-order valence-corrected chi connectivity index (χ0v) is 12.0. The first-order chi connectivity index (χ1) is 8.02. The van der Waals surface area contributed by atoms with E-state index in [9.17, 15) is 0 Å². The molecular weight excluding hydrogens is 210 g/mol. The van der Waals surface area contributed by atoms with Crippen molar-refractivity contribution in [2.45, 2.75) is 65.0 Å². The Morgan fingerprint density at radius 2 is 1.88 bits per heavy atom. The van der Waals surface area contributed by atoms with Gasteiger partial charge >= 0.3 is 0 Å². The maximum Gasteiger partial charge on any atom is 0.0840 e. The Bertz CT molecular complexity index is 241. The first kappa shape index (κ1) is 13.4. The van der Waals surface area contributed by atoms with Crippen LogP contribution in [0.4, 0.5) is 0 Å². The van der Waals surface area contributed by atoms with Crippen LogP contribution in [0.3, 0.4) is 0 Å². The van der Waals surface area contributed by atoms with Gasteiger partial charge in [0.1, 0.15) is 0 Å². The van der Waals surface area contributed by atoms with Gasteiger partial charge in [-0.15, -0.1) is 0 Å². The molecule has 100 valence electrons. The van der Waals surface area contributed by atoms with Gasteiger partial charge in [-0.05, 0) is 43.4 Å². The molecule has 0 aromatic rings. The quantitative estimate of drug-likeness (QED) is 0.799. The Morgan fingerprint density at radius 3 is 2.47 bits per heavy atom. The molecule has 3 unspecified atom stereocenters. The predicted octanol–water partition coefficient (Wildman–Crippen LogP) is 3.22. The highest BCUT2D eigenvalue weighted by molar-refractivity contribution is 5.00. The second-order valence-electron chi connectivity index (χ2n) is 6.90. The molecule has 2 aliphatic rings. The van der Waals surface area contributed by atoms with Crippen LogP contribution in [0.5, 0.6) is 0 Å². The summed E-state index contributed by atoms with van der Waals surface area (Å²) in [5, 5.41) is 3.73. The van der Waals surface area contributed by atoms with Gasteiger partial charge in [0.15, 0.2) is 0 Å². The zero-order chi connectivity index (χ0) is 12.5. The Balaban J connectivity index is 2.12. The fourth-order valence-corrected chi connectivity index (χ4v) is 4.06. The van der Waals surface area contributed by atoms with E-state index >= 15 is 0 Å². The second kappa shape index (κ2) is 5.27. The van der Waals surface area contributed by atoms with Gasteiger partial charge in [0.05, 0.1) is 12.2 Å². The molecule has 2 rings (SSSR count). The van der Waals surface area contributed by atoms with E-state index in [0.717, 1.165) is 30.9 Å². The summed E-state index contributed by atoms with van der Waals surface area (Å²) < 4.78 is 6.30. The summed E-state index contributed by atoms with van der Waals surface area (Å²) in [7, 11) is 0. The molecule has 1 aliphatic carbocycles. The average molecular weight is 239 g/mol. The van der Waals surface area contributed by atoms with Gasteiger partial charge in [-0.3, -0.25) is 0 Å². The van der Waals surface area contributed by atoms with Crippen molar-refractivity contribution in [2.75, 3.05) is 13.2 Å². The van der Waals surface area contributed by atoms with Crippen molar-refractivity contribution in [3.05, 3.63) is 0 Å². The van der Waals surface area contributed by atoms with E-state index in [2.05, 4.69) is 33.0 Å². The fraction of sp³-hybridized carbons (Fsp3) is 1.00. The molecule has 1 aliphatic heterocycles. The average Bonchev–Trinajstić information content (AvgIpc) is 2.19. The minimum Gasteiger partial charge on any atom is -0.372 e. The first-order valence-corrected chi connectivity index (χ1v) is 7.39. The van der Waals surface area contributed by atoms with E-state index < -0.39 is 0 Å². The second-order valence-corrected chi connectivity index (χ2v) is 6.90. The largest absolute Gasteiger partial charge is 0.372 e. The summed E-state index contributed by atoms with van der Waals surface area (Å²) in [6, 6.07) is 0.571. The van der Waals surface area contributed by atoms with Crippen LogP contribution in [0.15, 0.2) is 0 Å². The van der Waals surface area contributed by atoms with Crippen molar-refractivity contribution < 1.29 is 4.74 Å². The highest BCUT2D eigenvalue weighted by Gasteiger charge is 2.46. The Morgan fingerprint density at radius 1 is 1.24 bits per heavy atom. The van der Waals surface area contributed by atoms with E-state index in [1.165, 1.54) is 25.7 Å². The maximum absolute atomic E-state index is 6.30. The van der Waals surface area contributed by atoms with Crippen LogP contribution >= 0.6 is 0 Å². The van der Waals surface area contributed by atoms with Gasteiger partial charge in [-0.2, -0.15) is 0 Å². The van der Waals surface area contributed by atoms with E-state index in [1.807, 2.05) is 0 Å². The normalized spacial score (nSPS) is 43.2. The highest BCUT2D eigenvalue weighted by atomic mass is 16.5. The molecule has 1 N–H and O–H groups in total. The van der Waals surface area contributed by atoms with Crippen molar-refractivity contribution >= 4 is 0 Å². The maximum atomic E-state index is 6.30. The van der Waals surface area contributed by atoms with Crippen LogP contribution in [-0.4, -0.2) is 24.8 Å². The van der Waals surface area contributed by atoms with Gasteiger partial charge in [-0.1, -0.05) is 27.7 Å². The summed E-state index contributed by atoms with van der Waals surface area (Å²) in [6.07, 6.45) is 5.13. The van der Waals surface area contributed by atoms with Crippen molar-refractivity contribution in [2.24, 2.45) is 17.8 Å². The number of ether oxygens (including phenoxy) is 1. The molecule has 0 aromatic carbocycles. The van der Waals surface area contributed by atoms with Crippen molar-refractivity contribution in [3.63, 3.8) is 0 Å². The number of hydrogen-bond acceptors (Lipinski definition) is 2. The van der Waals surface area contributed by atoms with Crippen LogP contribution in [0.25, 0.3) is 0 Å². The lowest BCUT2D eigenvalue weighted by Gasteiger charge is -2.50. The number of rotatable bonds is 2. The number of nitrogens with one attached hydrogen (secondary N) is 1. The molecule has 2 heteroatoms. The standard InChI is InChI=1S/C15H29NO/c1-11(2)7-14-15(17-6-5-16-14)9-12(3)8-13(4)10-15/h11-14,16H,5-10H2,1-4H3. The third-order valence-electron chi connectivity index (χ3n) is 4.42. The Labute approximate surface area is 107 Å². The van der Waals surface area contributed by atoms with Crippen LogP contribution < -0.4 is 5.32 Å². The fourth-order valence-electron chi connectivity index (χ4n) is 4.06. The molecule has 0 bridgehead atoms. The molecule has 1 saturated heterocycles. The van der Waals surface area contributed by atoms with Crippen LogP contribution in [0.1, 0.15) is 53.4 Å². The van der Waals surface area contributed by atoms with E-state index in [1.54, 1.807) is 0 Å². The summed E-state index contributed by atoms with van der Waals surface area (Å²) >= 11 is 0. The smallest absolute Gasteiger partial charge is 0.0840 e. The van der Waals surface area contributed by atoms with Gasteiger partial charge in [0, 0.05) is 12.6 Å². The van der Waals surface area contributed by atoms with Gasteiger partial charge in [-0.25, -0.2) is 0 Å². The lowest BCUT2D eigenvalue weighted by atomic mass is 9.68. The predicted molar refractivity (Wildman–Crippen MR) is 72.1 cm³/mol. The lowest BCUT2D eigenvalue weighted by molar-refractivity contribution is -0.139. The Kier molecular flexibility index (Phi) is 4.14. The third-order valence-corrected chi connectivity index (χ3v) is 4.42. The van der Waals surface area contributed by atoms with E-state index in [-0.39, 0.29) is 5.60 Å². The molecule has 0 aromatic heterocycles. The first-order valence-electron chi connectivity index (χ1n) is 7.39. The van der Waals surface area contributed by atoms with E-state index in [0.29, 0.717) is 6.04 Å². The van der Waals surface area contributed by atoms with E-state index in [4.69, 9.17) is 4.74 Å². The molecule has 1 saturated carbocycles. The summed E-state index contributed by atoms with van der Waals surface area (Å²) in [6.45, 7) is 11.3. The van der Waals surface area contributed by atoms with Crippen LogP contribution in [-0.2, 0) is 4.74 Å². The molecule has 1 heterocycles. The molecule has 0 amide bonds. The van der Waals surface area contributed by atoms with Crippen molar-refractivity contribution in [1.82, 2.24) is 5.32 Å². The number of morpholine rings is 1. The lowest BCUT2D eigenvalue weighted by Crippen LogP contribution is -2.61. The molecule has 0 radical (unpaired) electrons. The molecule has 1 spiro atoms. The molecular formula is C15H29NO. The SMILES string of the molecule is CC(C)CC1NCCOC12CC(C)CC(C)C2. The summed E-state index contributed by atoms with van der Waals surface area (Å²) in [5.74, 6) is 2.38. The summed E-state index contributed by atoms with van der Waals surface area (Å²) in [4.78, 5) is 0. The van der Waals surface area contributed by atoms with Crippen molar-refractivity contribution in [1.29, 1.82) is 0 Å². The summed E-state index contributed by atoms with van der Waals surface area (Å²) in [5.41, 5.74) is 0.138. The minimum atomic E-state index is 0.138. The molecule has 3 atom stereocenters. The third kappa shape index (κ3) is 3.03. The monoisotopic (exact) mass is 239 g/mol.